The summed E-state index contributed by atoms with van der Waals surface area (Å²) in [7, 11) is 2.06. The van der Waals surface area contributed by atoms with E-state index in [0.717, 1.165) is 47.4 Å². The predicted molar refractivity (Wildman–Crippen MR) is 259 cm³/mol. The number of aliphatic hydroxyl groups is 1. The number of amides is 3. The number of benzene rings is 3. The van der Waals surface area contributed by atoms with Crippen LogP contribution in [-0.2, 0) is 57.6 Å². The summed E-state index contributed by atoms with van der Waals surface area (Å²) in [6, 6.07) is 21.1. The molecular weight excluding hydrogens is 905 g/mol. The molecule has 2 heterocycles. The van der Waals surface area contributed by atoms with E-state index < -0.39 is 77.6 Å². The van der Waals surface area contributed by atoms with Crippen LogP contribution in [0.15, 0.2) is 108 Å². The molecule has 70 heavy (non-hydrogen) atoms. The van der Waals surface area contributed by atoms with E-state index in [0.29, 0.717) is 17.5 Å². The lowest BCUT2D eigenvalue weighted by Gasteiger charge is -2.27. The zero-order valence-electron chi connectivity index (χ0n) is 39.5. The molecule has 0 aliphatic rings. The van der Waals surface area contributed by atoms with Crippen molar-refractivity contribution in [2.45, 2.75) is 89.6 Å². The molecule has 0 fully saturated rings. The number of fused-ring (bicyclic) bond motifs is 1. The number of nitrogens with zero attached hydrogens (tertiary/aromatic N) is 1. The van der Waals surface area contributed by atoms with Crippen LogP contribution in [0.2, 0.25) is 0 Å². The topological polar surface area (TPSA) is 301 Å². The molecule has 0 aliphatic heterocycles. The van der Waals surface area contributed by atoms with Gasteiger partial charge in [-0.25, -0.2) is 9.59 Å². The summed E-state index contributed by atoms with van der Waals surface area (Å²) in [5, 5.41) is 46.1. The molecule has 0 saturated carbocycles. The number of hydrogen-bond donors (Lipinski definition) is 10. The molecule has 0 aliphatic carbocycles. The fourth-order valence-electron chi connectivity index (χ4n) is 7.62. The number of methoxy groups -OCH3 is 2. The second-order valence-electron chi connectivity index (χ2n) is 16.8. The molecular formula is C50H62N8O12. The first-order valence-electron chi connectivity index (χ1n) is 22.7. The molecule has 374 valence electrons. The third kappa shape index (κ3) is 14.9. The van der Waals surface area contributed by atoms with E-state index in [2.05, 4.69) is 31.2 Å². The molecule has 5 aromatic rings. The number of aliphatic hydroxyl groups excluding tert-OH is 1. The molecule has 0 spiro atoms. The smallest absolute Gasteiger partial charge is 0.340 e. The summed E-state index contributed by atoms with van der Waals surface area (Å²) in [6.45, 7) is 3.79. The largest absolute Gasteiger partial charge is 0.494 e. The Morgan fingerprint density at radius 1 is 0.757 bits per heavy atom. The van der Waals surface area contributed by atoms with Gasteiger partial charge in [-0.1, -0.05) is 92.7 Å². The van der Waals surface area contributed by atoms with Crippen LogP contribution in [0, 0.1) is 5.92 Å². The third-order valence-electron chi connectivity index (χ3n) is 11.2. The van der Waals surface area contributed by atoms with Crippen LogP contribution in [0.3, 0.4) is 0 Å². The number of anilines is 1. The molecule has 4 atom stereocenters. The Balaban J connectivity index is 1.59. The summed E-state index contributed by atoms with van der Waals surface area (Å²) < 4.78 is 15.9. The second-order valence-corrected chi connectivity index (χ2v) is 16.8. The van der Waals surface area contributed by atoms with E-state index in [-0.39, 0.29) is 62.6 Å². The highest BCUT2D eigenvalue weighted by Gasteiger charge is 2.36. The maximum Gasteiger partial charge on any atom is 0.340 e. The van der Waals surface area contributed by atoms with Gasteiger partial charge in [-0.3, -0.25) is 23.7 Å². The van der Waals surface area contributed by atoms with Gasteiger partial charge in [0.05, 0.1) is 26.5 Å². The lowest BCUT2D eigenvalue weighted by molar-refractivity contribution is -0.157. The van der Waals surface area contributed by atoms with Gasteiger partial charge in [-0.15, -0.1) is 0 Å². The van der Waals surface area contributed by atoms with Crippen molar-refractivity contribution in [3.63, 3.8) is 0 Å². The van der Waals surface area contributed by atoms with Crippen molar-refractivity contribution in [1.29, 1.82) is 0 Å². The fraction of sp³-hybridized carbons (Fsp3) is 0.360. The van der Waals surface area contributed by atoms with Crippen molar-refractivity contribution >= 4 is 46.3 Å². The Morgan fingerprint density at radius 2 is 1.37 bits per heavy atom. The Bertz CT molecular complexity index is 2650. The third-order valence-corrected chi connectivity index (χ3v) is 11.2. The van der Waals surface area contributed by atoms with Gasteiger partial charge in [0, 0.05) is 36.0 Å². The van der Waals surface area contributed by atoms with Gasteiger partial charge < -0.3 is 66.5 Å². The molecule has 0 bridgehead atoms. The molecule has 2 aromatic heterocycles. The minimum absolute atomic E-state index is 0.0194. The quantitative estimate of drug-likeness (QED) is 0.0184. The van der Waals surface area contributed by atoms with Crippen LogP contribution in [0.1, 0.15) is 68.0 Å². The number of rotatable bonds is 24. The molecule has 0 saturated heterocycles. The number of nitrogens with two attached hydrogens (primary N) is 1. The summed E-state index contributed by atoms with van der Waals surface area (Å²) in [5.41, 5.74) is 7.34. The van der Waals surface area contributed by atoms with Crippen molar-refractivity contribution in [2.75, 3.05) is 26.1 Å². The molecule has 11 N–H and O–H groups in total. The average molecular weight is 967 g/mol. The van der Waals surface area contributed by atoms with Crippen molar-refractivity contribution < 1.29 is 53.5 Å². The van der Waals surface area contributed by atoms with Crippen LogP contribution in [0.25, 0.3) is 10.9 Å². The SMILES string of the molecule is COC(=O)C(NC(=O)[C@H](CC(C)C)NC(=O)[C@H](Cc1c[nH]c2ccccc12)NC(=O)[C@H](CCCCN)n1c(O)ccc(NC(O)OCc2ccccc2)c(=O)[nH]c(Cc2ccccc2)c1O)C(=O)OC. The number of para-hydroxylation sites is 1. The van der Waals surface area contributed by atoms with Gasteiger partial charge in [0.15, 0.2) is 5.88 Å². The van der Waals surface area contributed by atoms with Gasteiger partial charge in [0.2, 0.25) is 36.1 Å². The number of esters is 2. The number of unbranched alkanes of at least 4 members (excludes halogenated alkanes) is 1. The Kier molecular flexibility index (Phi) is 19.9. The molecule has 20 nitrogen and oxygen atoms in total. The molecule has 0 radical (unpaired) electrons. The van der Waals surface area contributed by atoms with Crippen molar-refractivity contribution in [1.82, 2.24) is 30.5 Å². The first-order chi connectivity index (χ1) is 33.6. The Morgan fingerprint density at radius 3 is 2.01 bits per heavy atom. The van der Waals surface area contributed by atoms with E-state index in [1.165, 1.54) is 0 Å². The summed E-state index contributed by atoms with van der Waals surface area (Å²) in [5.74, 6) is -6.44. The van der Waals surface area contributed by atoms with Crippen LogP contribution in [0.5, 0.6) is 11.8 Å². The number of H-pyrrole nitrogens is 2. The second kappa shape index (κ2) is 26.2. The van der Waals surface area contributed by atoms with Gasteiger partial charge >= 0.3 is 11.9 Å². The number of nitrogens with one attached hydrogen (secondary N) is 6. The van der Waals surface area contributed by atoms with Crippen molar-refractivity contribution in [3.05, 3.63) is 136 Å². The van der Waals surface area contributed by atoms with Crippen molar-refractivity contribution in [2.24, 2.45) is 11.7 Å². The Labute approximate surface area is 404 Å². The molecule has 1 unspecified atom stereocenters. The average Bonchev–Trinajstić information content (AvgIpc) is 3.78. The number of carbonyl (C=O) groups is 5. The number of aromatic hydroxyl groups is 2. The predicted octanol–water partition coefficient (Wildman–Crippen LogP) is 3.45. The molecule has 5 rings (SSSR count). The maximum atomic E-state index is 15.0. The standard InChI is InChI=1S/C50H62N8O12/c1-30(2)25-37(45(62)57-42(48(65)68-3)49(66)69-4)53-44(61)38(27-33-28-52-35-20-12-11-19-34(33)35)54-46(63)40(21-13-14-24-51)58-41(59)23-22-36(56-50(67)70-29-32-17-9-6-10-18-32)43(60)55-39(47(58)64)26-31-15-7-5-8-16-31/h5-12,15-20,22-23,28,30,37-38,40,42,50,52,56,59,64,67H,13-14,21,24-27,29,51H2,1-4H3,(H,53,61)(H,54,63)(H,55,60)(H,57,62)/t37-,38-,40-,50?/m0/s1. The molecule has 3 aromatic carbocycles. The van der Waals surface area contributed by atoms with Gasteiger partial charge in [0.25, 0.3) is 5.56 Å². The number of aromatic nitrogens is 3. The van der Waals surface area contributed by atoms with Gasteiger partial charge in [0.1, 0.15) is 23.8 Å². The van der Waals surface area contributed by atoms with Crippen molar-refractivity contribution in [3.8, 4) is 11.8 Å². The van der Waals surface area contributed by atoms with Gasteiger partial charge in [-0.2, -0.15) is 0 Å². The first kappa shape index (κ1) is 53.3. The van der Waals surface area contributed by atoms with Gasteiger partial charge in [-0.05, 0) is 67.0 Å². The van der Waals surface area contributed by atoms with E-state index in [1.54, 1.807) is 80.7 Å². The minimum atomic E-state index is -1.84. The van der Waals surface area contributed by atoms with E-state index in [9.17, 15) is 39.3 Å². The summed E-state index contributed by atoms with van der Waals surface area (Å²) >= 11 is 0. The van der Waals surface area contributed by atoms with E-state index >= 15 is 4.79 Å². The number of aromatic amines is 2. The zero-order chi connectivity index (χ0) is 50.7. The maximum absolute atomic E-state index is 15.0. The molecule has 3 amide bonds. The highest BCUT2D eigenvalue weighted by atomic mass is 16.6. The lowest BCUT2D eigenvalue weighted by atomic mass is 10.00. The summed E-state index contributed by atoms with van der Waals surface area (Å²) in [6.07, 6.45) is 0.405. The monoisotopic (exact) mass is 966 g/mol. The van der Waals surface area contributed by atoms with Crippen LogP contribution >= 0.6 is 0 Å². The first-order valence-corrected chi connectivity index (χ1v) is 22.7. The highest BCUT2D eigenvalue weighted by Crippen LogP contribution is 2.30. The normalized spacial score (nSPS) is 12.9. The number of hydrogen-bond acceptors (Lipinski definition) is 14. The van der Waals surface area contributed by atoms with Crippen LogP contribution in [0.4, 0.5) is 5.69 Å². The van der Waals surface area contributed by atoms with E-state index in [1.807, 2.05) is 24.3 Å². The molecule has 20 heteroatoms. The number of ether oxygens (including phenoxy) is 3. The minimum Gasteiger partial charge on any atom is -0.494 e. The number of carbonyl (C=O) groups excluding carboxylic acids is 5. The highest BCUT2D eigenvalue weighted by molar-refractivity contribution is 6.03. The zero-order valence-corrected chi connectivity index (χ0v) is 39.5. The Hall–Kier alpha value is -7.68. The summed E-state index contributed by atoms with van der Waals surface area (Å²) in [4.78, 5) is 88.2. The van der Waals surface area contributed by atoms with E-state index in [4.69, 9.17) is 19.9 Å². The fourth-order valence-corrected chi connectivity index (χ4v) is 7.62. The lowest BCUT2D eigenvalue weighted by Crippen LogP contribution is -2.58. The van der Waals surface area contributed by atoms with Crippen LogP contribution < -0.4 is 32.6 Å². The van der Waals surface area contributed by atoms with Crippen LogP contribution in [-0.4, -0.2) is 105 Å².